The molecular formula is C24H29FN2O6S. The number of hydrogen-bond donors (Lipinski definition) is 1. The minimum Gasteiger partial charge on any atom is -0.497 e. The van der Waals surface area contributed by atoms with Crippen LogP contribution in [0.15, 0.2) is 47.4 Å². The molecule has 1 amide bonds. The molecule has 0 saturated carbocycles. The first-order valence-electron chi connectivity index (χ1n) is 11.1. The Morgan fingerprint density at radius 2 is 1.74 bits per heavy atom. The number of sulfonamides is 1. The predicted octanol–water partition coefficient (Wildman–Crippen LogP) is 3.43. The fourth-order valence-electron chi connectivity index (χ4n) is 3.72. The average molecular weight is 493 g/mol. The van der Waals surface area contributed by atoms with Gasteiger partial charge in [0.25, 0.3) is 5.91 Å². The van der Waals surface area contributed by atoms with E-state index in [4.69, 9.17) is 9.47 Å². The third kappa shape index (κ3) is 6.12. The number of hydrogen-bond acceptors (Lipinski definition) is 6. The van der Waals surface area contributed by atoms with Crippen molar-refractivity contribution in [1.82, 2.24) is 9.62 Å². The van der Waals surface area contributed by atoms with Gasteiger partial charge in [-0.1, -0.05) is 12.1 Å². The second-order valence-corrected chi connectivity index (χ2v) is 10.2. The molecule has 34 heavy (non-hydrogen) atoms. The summed E-state index contributed by atoms with van der Waals surface area (Å²) in [6.45, 7) is 4.07. The number of halogens is 1. The van der Waals surface area contributed by atoms with Crippen LogP contribution < -0.4 is 10.1 Å². The van der Waals surface area contributed by atoms with E-state index in [0.29, 0.717) is 37.2 Å². The maximum absolute atomic E-state index is 14.5. The van der Waals surface area contributed by atoms with E-state index >= 15 is 0 Å². The molecule has 0 unspecified atom stereocenters. The molecule has 1 fully saturated rings. The maximum Gasteiger partial charge on any atom is 0.308 e. The molecule has 1 atom stereocenters. The summed E-state index contributed by atoms with van der Waals surface area (Å²) in [6.07, 6.45) is 0.944. The van der Waals surface area contributed by atoms with E-state index in [-0.39, 0.29) is 18.1 Å². The molecule has 1 saturated heterocycles. The summed E-state index contributed by atoms with van der Waals surface area (Å²) in [6, 6.07) is 9.27. The number of carbonyl (C=O) groups is 2. The molecule has 184 valence electrons. The second-order valence-electron chi connectivity index (χ2n) is 8.30. The van der Waals surface area contributed by atoms with E-state index in [9.17, 15) is 22.4 Å². The number of ether oxygens (including phenoxy) is 2. The van der Waals surface area contributed by atoms with Gasteiger partial charge >= 0.3 is 5.97 Å². The van der Waals surface area contributed by atoms with Gasteiger partial charge in [-0.2, -0.15) is 4.31 Å². The first-order chi connectivity index (χ1) is 16.1. The van der Waals surface area contributed by atoms with Gasteiger partial charge in [0.2, 0.25) is 10.0 Å². The molecule has 2 aromatic rings. The van der Waals surface area contributed by atoms with Gasteiger partial charge in [0.05, 0.1) is 25.7 Å². The minimum absolute atomic E-state index is 0.0325. The summed E-state index contributed by atoms with van der Waals surface area (Å²) < 4.78 is 51.8. The lowest BCUT2D eigenvalue weighted by Gasteiger charge is -2.20. The molecule has 10 heteroatoms. The number of benzene rings is 2. The van der Waals surface area contributed by atoms with Crippen LogP contribution in [0.4, 0.5) is 4.39 Å². The normalized spacial score (nSPS) is 15.2. The van der Waals surface area contributed by atoms with Crippen molar-refractivity contribution in [2.75, 3.05) is 20.2 Å². The first kappa shape index (κ1) is 25.6. The predicted molar refractivity (Wildman–Crippen MR) is 123 cm³/mol. The quantitative estimate of drug-likeness (QED) is 0.538. The smallest absolute Gasteiger partial charge is 0.308 e. The zero-order valence-corrected chi connectivity index (χ0v) is 20.2. The number of esters is 1. The van der Waals surface area contributed by atoms with E-state index in [2.05, 4.69) is 5.32 Å². The summed E-state index contributed by atoms with van der Waals surface area (Å²) >= 11 is 0. The van der Waals surface area contributed by atoms with Crippen LogP contribution in [0.5, 0.6) is 5.75 Å². The largest absolute Gasteiger partial charge is 0.497 e. The molecule has 1 N–H and O–H groups in total. The molecule has 8 nitrogen and oxygen atoms in total. The Morgan fingerprint density at radius 1 is 1.09 bits per heavy atom. The number of nitrogens with zero attached hydrogens (tertiary/aromatic N) is 1. The Balaban J connectivity index is 1.87. The lowest BCUT2D eigenvalue weighted by molar-refractivity contribution is -0.147. The Labute approximate surface area is 199 Å². The highest BCUT2D eigenvalue weighted by atomic mass is 32.2. The van der Waals surface area contributed by atoms with Crippen molar-refractivity contribution in [3.8, 4) is 5.75 Å². The van der Waals surface area contributed by atoms with Crippen molar-refractivity contribution >= 4 is 21.9 Å². The molecule has 0 spiro atoms. The average Bonchev–Trinajstić information content (AvgIpc) is 3.34. The van der Waals surface area contributed by atoms with Crippen LogP contribution in [-0.4, -0.2) is 50.9 Å². The van der Waals surface area contributed by atoms with Crippen molar-refractivity contribution in [2.24, 2.45) is 0 Å². The molecular weight excluding hydrogens is 463 g/mol. The molecule has 3 rings (SSSR count). The molecule has 1 heterocycles. The Morgan fingerprint density at radius 3 is 2.32 bits per heavy atom. The van der Waals surface area contributed by atoms with Crippen molar-refractivity contribution in [2.45, 2.75) is 50.2 Å². The molecule has 0 bridgehead atoms. The molecule has 0 radical (unpaired) electrons. The number of amides is 1. The van der Waals surface area contributed by atoms with E-state index in [1.165, 1.54) is 17.5 Å². The van der Waals surface area contributed by atoms with Crippen molar-refractivity contribution in [3.63, 3.8) is 0 Å². The SMILES string of the molecule is COc1ccc([C@@H](CC(=O)OC(C)C)NC(=O)c2ccc(F)c(S(=O)(=O)N3CCCC3)c2)cc1. The van der Waals surface area contributed by atoms with E-state index in [1.807, 2.05) is 0 Å². The van der Waals surface area contributed by atoms with Crippen LogP contribution in [0.25, 0.3) is 0 Å². The van der Waals surface area contributed by atoms with Gasteiger partial charge in [0.15, 0.2) is 0 Å². The van der Waals surface area contributed by atoms with Crippen LogP contribution >= 0.6 is 0 Å². The lowest BCUT2D eigenvalue weighted by atomic mass is 10.0. The molecule has 0 aliphatic carbocycles. The Hall–Kier alpha value is -2.98. The Bertz CT molecular complexity index is 1130. The highest BCUT2D eigenvalue weighted by molar-refractivity contribution is 7.89. The van der Waals surface area contributed by atoms with Gasteiger partial charge in [0.1, 0.15) is 16.5 Å². The van der Waals surface area contributed by atoms with Gasteiger partial charge in [-0.3, -0.25) is 9.59 Å². The number of nitrogens with one attached hydrogen (secondary N) is 1. The zero-order valence-electron chi connectivity index (χ0n) is 19.4. The maximum atomic E-state index is 14.5. The standard InChI is InChI=1S/C24H29FN2O6S/c1-16(2)33-23(28)15-21(17-6-9-19(32-3)10-7-17)26-24(29)18-8-11-20(25)22(14-18)34(30,31)27-12-4-5-13-27/h6-11,14,16,21H,4-5,12-13,15H2,1-3H3,(H,26,29)/t21-/m1/s1. The molecule has 0 aromatic heterocycles. The summed E-state index contributed by atoms with van der Waals surface area (Å²) in [7, 11) is -2.53. The third-order valence-electron chi connectivity index (χ3n) is 5.44. The van der Waals surface area contributed by atoms with Crippen molar-refractivity contribution < 1.29 is 31.9 Å². The number of carbonyl (C=O) groups excluding carboxylic acids is 2. The first-order valence-corrected chi connectivity index (χ1v) is 12.5. The zero-order chi connectivity index (χ0) is 24.9. The van der Waals surface area contributed by atoms with Crippen LogP contribution in [-0.2, 0) is 19.6 Å². The van der Waals surface area contributed by atoms with Gasteiger partial charge in [-0.05, 0) is 62.6 Å². The number of methoxy groups -OCH3 is 1. The number of rotatable bonds is 9. The molecule has 2 aromatic carbocycles. The molecule has 1 aliphatic rings. The summed E-state index contributed by atoms with van der Waals surface area (Å²) in [5, 5.41) is 2.75. The molecule has 1 aliphatic heterocycles. The van der Waals surface area contributed by atoms with Crippen LogP contribution in [0, 0.1) is 5.82 Å². The highest BCUT2D eigenvalue weighted by Crippen LogP contribution is 2.26. The van der Waals surface area contributed by atoms with Crippen molar-refractivity contribution in [3.05, 3.63) is 59.4 Å². The fourth-order valence-corrected chi connectivity index (χ4v) is 5.32. The van der Waals surface area contributed by atoms with Gasteiger partial charge in [-0.25, -0.2) is 12.8 Å². The van der Waals surface area contributed by atoms with Crippen molar-refractivity contribution in [1.29, 1.82) is 0 Å². The van der Waals surface area contributed by atoms with Crippen LogP contribution in [0.2, 0.25) is 0 Å². The minimum atomic E-state index is -4.06. The summed E-state index contributed by atoms with van der Waals surface area (Å²) in [5.74, 6) is -1.46. The van der Waals surface area contributed by atoms with Crippen LogP contribution in [0.1, 0.15) is 55.1 Å². The van der Waals surface area contributed by atoms with E-state index < -0.39 is 38.7 Å². The van der Waals surface area contributed by atoms with Gasteiger partial charge in [-0.15, -0.1) is 0 Å². The van der Waals surface area contributed by atoms with Gasteiger partial charge < -0.3 is 14.8 Å². The van der Waals surface area contributed by atoms with Gasteiger partial charge in [0, 0.05) is 18.7 Å². The topological polar surface area (TPSA) is 102 Å². The third-order valence-corrected chi connectivity index (χ3v) is 7.35. The fraction of sp³-hybridized carbons (Fsp3) is 0.417. The summed E-state index contributed by atoms with van der Waals surface area (Å²) in [4.78, 5) is 24.8. The lowest BCUT2D eigenvalue weighted by Crippen LogP contribution is -2.32. The monoisotopic (exact) mass is 492 g/mol. The highest BCUT2D eigenvalue weighted by Gasteiger charge is 2.31. The van der Waals surface area contributed by atoms with Crippen LogP contribution in [0.3, 0.4) is 0 Å². The van der Waals surface area contributed by atoms with E-state index in [0.717, 1.165) is 12.1 Å². The summed E-state index contributed by atoms with van der Waals surface area (Å²) in [5.41, 5.74) is 0.594. The Kier molecular flexibility index (Phi) is 8.27. The van der Waals surface area contributed by atoms with E-state index in [1.54, 1.807) is 38.1 Å². The second kappa shape index (κ2) is 11.0.